The first kappa shape index (κ1) is 25.1. The molecule has 10 aromatic rings. The summed E-state index contributed by atoms with van der Waals surface area (Å²) in [4.78, 5) is 6.02. The molecule has 0 aliphatic heterocycles. The zero-order valence-corrected chi connectivity index (χ0v) is 24.7. The largest absolute Gasteiger partial charge is 0.464 e. The number of para-hydroxylation sites is 1. The first-order valence-corrected chi connectivity index (χ1v) is 15.5. The van der Waals surface area contributed by atoms with Gasteiger partial charge in [0.25, 0.3) is 0 Å². The van der Waals surface area contributed by atoms with Gasteiger partial charge in [0.2, 0.25) is 0 Å². The molecule has 216 valence electrons. The molecule has 4 nitrogen and oxygen atoms in total. The molecule has 0 spiro atoms. The Balaban J connectivity index is 1.23. The van der Waals surface area contributed by atoms with Crippen molar-refractivity contribution in [3.8, 4) is 11.3 Å². The number of nitrogens with one attached hydrogen (secondary N) is 1. The summed E-state index contributed by atoms with van der Waals surface area (Å²) >= 11 is 0. The fraction of sp³-hybridized carbons (Fsp3) is 0. The average Bonchev–Trinajstić information content (AvgIpc) is 3.85. The van der Waals surface area contributed by atoms with Crippen molar-refractivity contribution in [1.82, 2.24) is 4.98 Å². The second-order valence-corrected chi connectivity index (χ2v) is 11.9. The van der Waals surface area contributed by atoms with Gasteiger partial charge in [0.1, 0.15) is 16.9 Å². The van der Waals surface area contributed by atoms with E-state index in [0.29, 0.717) is 0 Å². The topological polar surface area (TPSA) is 45.3 Å². The number of aromatic amines is 1. The summed E-state index contributed by atoms with van der Waals surface area (Å²) in [5.41, 5.74) is 8.15. The number of furan rings is 2. The summed E-state index contributed by atoms with van der Waals surface area (Å²) in [6, 6.07) is 51.5. The third kappa shape index (κ3) is 3.74. The highest BCUT2D eigenvalue weighted by Gasteiger charge is 2.20. The minimum absolute atomic E-state index is 0.839. The Morgan fingerprint density at radius 1 is 0.457 bits per heavy atom. The molecule has 0 aliphatic rings. The quantitative estimate of drug-likeness (QED) is 0.207. The molecule has 46 heavy (non-hydrogen) atoms. The van der Waals surface area contributed by atoms with Crippen LogP contribution in [-0.2, 0) is 0 Å². The Morgan fingerprint density at radius 2 is 1.20 bits per heavy atom. The van der Waals surface area contributed by atoms with Crippen LogP contribution in [0.4, 0.5) is 17.1 Å². The van der Waals surface area contributed by atoms with Gasteiger partial charge in [0.05, 0.1) is 12.0 Å². The summed E-state index contributed by atoms with van der Waals surface area (Å²) in [5, 5.41) is 9.43. The molecule has 1 N–H and O–H groups in total. The van der Waals surface area contributed by atoms with E-state index < -0.39 is 0 Å². The highest BCUT2D eigenvalue weighted by atomic mass is 16.3. The van der Waals surface area contributed by atoms with Gasteiger partial charge in [-0.15, -0.1) is 0 Å². The predicted octanol–water partition coefficient (Wildman–Crippen LogP) is 12.3. The molecule has 4 heteroatoms. The summed E-state index contributed by atoms with van der Waals surface area (Å²) in [7, 11) is 0. The number of H-pyrrole nitrogens is 1. The molecule has 3 heterocycles. The van der Waals surface area contributed by atoms with Gasteiger partial charge in [-0.25, -0.2) is 0 Å². The van der Waals surface area contributed by atoms with E-state index in [1.165, 1.54) is 32.3 Å². The van der Waals surface area contributed by atoms with Crippen molar-refractivity contribution in [2.24, 2.45) is 0 Å². The summed E-state index contributed by atoms with van der Waals surface area (Å²) in [6.45, 7) is 0. The maximum atomic E-state index is 6.49. The predicted molar refractivity (Wildman–Crippen MR) is 190 cm³/mol. The number of nitrogens with zero attached hydrogens (tertiary/aromatic N) is 1. The molecule has 10 rings (SSSR count). The number of benzene rings is 7. The van der Waals surface area contributed by atoms with Crippen molar-refractivity contribution in [2.45, 2.75) is 0 Å². The molecule has 0 unspecified atom stereocenters. The van der Waals surface area contributed by atoms with E-state index in [1.807, 2.05) is 24.3 Å². The lowest BCUT2D eigenvalue weighted by Crippen LogP contribution is -2.10. The molecule has 7 aromatic carbocycles. The fourth-order valence-electron chi connectivity index (χ4n) is 7.13. The van der Waals surface area contributed by atoms with Gasteiger partial charge in [-0.2, -0.15) is 0 Å². The maximum Gasteiger partial charge on any atom is 0.137 e. The Bertz CT molecular complexity index is 2770. The van der Waals surface area contributed by atoms with E-state index in [2.05, 4.69) is 131 Å². The van der Waals surface area contributed by atoms with E-state index in [4.69, 9.17) is 8.83 Å². The van der Waals surface area contributed by atoms with Gasteiger partial charge in [0.15, 0.2) is 0 Å². The van der Waals surface area contributed by atoms with E-state index in [-0.39, 0.29) is 0 Å². The molecule has 0 atom stereocenters. The van der Waals surface area contributed by atoms with Crippen LogP contribution in [0.25, 0.3) is 76.6 Å². The van der Waals surface area contributed by atoms with Crippen LogP contribution in [0.15, 0.2) is 161 Å². The van der Waals surface area contributed by atoms with Crippen molar-refractivity contribution >= 4 is 82.4 Å². The van der Waals surface area contributed by atoms with Gasteiger partial charge in [-0.3, -0.25) is 0 Å². The van der Waals surface area contributed by atoms with Crippen LogP contribution in [0.1, 0.15) is 0 Å². The number of hydrogen-bond acceptors (Lipinski definition) is 3. The third-order valence-electron chi connectivity index (χ3n) is 9.25. The standard InChI is InChI=1S/C42H26N2O2/c1-2-9-30-26(8-1)23-39(34-12-4-3-10-31(30)34)44(28-16-18-33-32-11-5-6-13-37(32)43-38(33)24-28)29-17-19-35-36-22-27(40-14-7-21-45-40)15-20-41(36)46-42(35)25-29/h1-25,43H. The number of anilines is 3. The van der Waals surface area contributed by atoms with Gasteiger partial charge in [-0.1, -0.05) is 72.8 Å². The highest BCUT2D eigenvalue weighted by molar-refractivity contribution is 6.16. The van der Waals surface area contributed by atoms with E-state index in [0.717, 1.165) is 61.4 Å². The van der Waals surface area contributed by atoms with Crippen LogP contribution in [0.5, 0.6) is 0 Å². The van der Waals surface area contributed by atoms with Gasteiger partial charge in [-0.05, 0) is 82.9 Å². The Labute approximate surface area is 263 Å². The first-order chi connectivity index (χ1) is 22.8. The second-order valence-electron chi connectivity index (χ2n) is 11.9. The molecule has 0 saturated heterocycles. The molecular weight excluding hydrogens is 564 g/mol. The molecular formula is C42H26N2O2. The molecule has 3 aromatic heterocycles. The zero-order valence-electron chi connectivity index (χ0n) is 24.7. The molecule has 0 fully saturated rings. The zero-order chi connectivity index (χ0) is 30.2. The SMILES string of the molecule is c1coc(-c2ccc3oc4cc(N(c5ccc6c(c5)[nH]c5ccccc56)c5cc6ccccc6c6ccccc56)ccc4c3c2)c1. The molecule has 0 bridgehead atoms. The highest BCUT2D eigenvalue weighted by Crippen LogP contribution is 2.44. The third-order valence-corrected chi connectivity index (χ3v) is 9.25. The van der Waals surface area contributed by atoms with E-state index in [9.17, 15) is 0 Å². The van der Waals surface area contributed by atoms with Crippen LogP contribution in [0.2, 0.25) is 0 Å². The van der Waals surface area contributed by atoms with Crippen molar-refractivity contribution < 1.29 is 8.83 Å². The molecule has 0 aliphatic carbocycles. The lowest BCUT2D eigenvalue weighted by molar-refractivity contribution is 0.582. The average molecular weight is 591 g/mol. The van der Waals surface area contributed by atoms with E-state index >= 15 is 0 Å². The smallest absolute Gasteiger partial charge is 0.137 e. The molecule has 0 saturated carbocycles. The lowest BCUT2D eigenvalue weighted by Gasteiger charge is -2.27. The molecule has 0 amide bonds. The summed E-state index contributed by atoms with van der Waals surface area (Å²) < 4.78 is 12.2. The number of rotatable bonds is 4. The van der Waals surface area contributed by atoms with Gasteiger partial charge in [0, 0.05) is 61.0 Å². The number of fused-ring (bicyclic) bond motifs is 9. The van der Waals surface area contributed by atoms with E-state index in [1.54, 1.807) is 6.26 Å². The Kier molecular flexibility index (Phi) is 5.25. The van der Waals surface area contributed by atoms with Crippen LogP contribution in [-0.4, -0.2) is 4.98 Å². The first-order valence-electron chi connectivity index (χ1n) is 15.5. The number of aromatic nitrogens is 1. The number of hydrogen-bond donors (Lipinski definition) is 1. The summed E-state index contributed by atoms with van der Waals surface area (Å²) in [5.74, 6) is 0.842. The van der Waals surface area contributed by atoms with Crippen molar-refractivity contribution in [3.63, 3.8) is 0 Å². The van der Waals surface area contributed by atoms with Gasteiger partial charge < -0.3 is 18.7 Å². The van der Waals surface area contributed by atoms with Crippen LogP contribution >= 0.6 is 0 Å². The fourth-order valence-corrected chi connectivity index (χ4v) is 7.13. The minimum atomic E-state index is 0.839. The van der Waals surface area contributed by atoms with Crippen LogP contribution in [0, 0.1) is 0 Å². The summed E-state index contributed by atoms with van der Waals surface area (Å²) in [6.07, 6.45) is 1.71. The van der Waals surface area contributed by atoms with Crippen molar-refractivity contribution in [3.05, 3.63) is 152 Å². The minimum Gasteiger partial charge on any atom is -0.464 e. The van der Waals surface area contributed by atoms with Crippen molar-refractivity contribution in [1.29, 1.82) is 0 Å². The monoisotopic (exact) mass is 590 g/mol. The Hall–Kier alpha value is -6.26. The van der Waals surface area contributed by atoms with Crippen LogP contribution < -0.4 is 4.90 Å². The van der Waals surface area contributed by atoms with Crippen molar-refractivity contribution in [2.75, 3.05) is 4.90 Å². The maximum absolute atomic E-state index is 6.49. The molecule has 0 radical (unpaired) electrons. The normalized spacial score (nSPS) is 11.9. The Morgan fingerprint density at radius 3 is 2.07 bits per heavy atom. The lowest BCUT2D eigenvalue weighted by atomic mass is 9.99. The van der Waals surface area contributed by atoms with Gasteiger partial charge >= 0.3 is 0 Å². The second kappa shape index (κ2) is 9.62. The van der Waals surface area contributed by atoms with Crippen LogP contribution in [0.3, 0.4) is 0 Å².